The van der Waals surface area contributed by atoms with E-state index in [1.54, 1.807) is 12.1 Å². The van der Waals surface area contributed by atoms with Crippen molar-refractivity contribution in [2.45, 2.75) is 72.1 Å². The van der Waals surface area contributed by atoms with E-state index in [-0.39, 0.29) is 15.9 Å². The average molecular weight is 635 g/mol. The third-order valence-corrected chi connectivity index (χ3v) is 12.3. The fraction of sp³-hybridized carbons (Fsp3) is 0.333. The van der Waals surface area contributed by atoms with Crippen LogP contribution in [0.2, 0.25) is 0 Å². The lowest BCUT2D eigenvalue weighted by atomic mass is 9.87. The second-order valence-corrected chi connectivity index (χ2v) is 17.8. The summed E-state index contributed by atoms with van der Waals surface area (Å²) >= 11 is 0. The Morgan fingerprint density at radius 1 is 0.568 bits per heavy atom. The summed E-state index contributed by atoms with van der Waals surface area (Å²) in [6, 6.07) is 30.5. The van der Waals surface area contributed by atoms with E-state index in [1.807, 2.05) is 144 Å². The molecule has 0 radical (unpaired) electrons. The molecule has 4 aromatic rings. The quantitative estimate of drug-likeness (QED) is 0.183. The molecule has 0 N–H and O–H groups in total. The van der Waals surface area contributed by atoms with E-state index < -0.39 is 20.4 Å². The topological polar surface area (TPSA) is 59.1 Å². The smallest absolute Gasteiger partial charge is 0.307 e. The molecule has 0 aliphatic rings. The van der Waals surface area contributed by atoms with Gasteiger partial charge in [0, 0.05) is 54.3 Å². The van der Waals surface area contributed by atoms with E-state index in [0.29, 0.717) is 5.75 Å². The van der Waals surface area contributed by atoms with Gasteiger partial charge in [0.1, 0.15) is 11.4 Å². The van der Waals surface area contributed by atoms with Gasteiger partial charge in [-0.25, -0.2) is 3.63 Å². The summed E-state index contributed by atoms with van der Waals surface area (Å²) < 4.78 is 41.6. The maximum atomic E-state index is 14.4. The first-order valence-corrected chi connectivity index (χ1v) is 17.6. The lowest BCUT2D eigenvalue weighted by Gasteiger charge is -2.40. The van der Waals surface area contributed by atoms with E-state index in [2.05, 4.69) is 20.8 Å². The predicted octanol–water partition coefficient (Wildman–Crippen LogP) is 8.90. The van der Waals surface area contributed by atoms with Crippen LogP contribution in [0.1, 0.15) is 47.1 Å². The summed E-state index contributed by atoms with van der Waals surface area (Å²) in [6.45, 7) is 12.3. The van der Waals surface area contributed by atoms with Crippen molar-refractivity contribution in [2.24, 2.45) is 0 Å². The van der Waals surface area contributed by atoms with Crippen molar-refractivity contribution in [3.63, 3.8) is 0 Å². The lowest BCUT2D eigenvalue weighted by molar-refractivity contribution is 0.131. The van der Waals surface area contributed by atoms with Crippen LogP contribution in [0.15, 0.2) is 117 Å². The molecule has 0 fully saturated rings. The molecule has 0 unspecified atom stereocenters. The van der Waals surface area contributed by atoms with E-state index >= 15 is 0 Å². The molecule has 0 saturated heterocycles. The molecular weight excluding hydrogens is 589 g/mol. The van der Waals surface area contributed by atoms with Gasteiger partial charge >= 0.3 is 10.1 Å². The molecule has 236 valence electrons. The molecule has 4 rings (SSSR count). The maximum Gasteiger partial charge on any atom is 0.307 e. The predicted molar refractivity (Wildman–Crippen MR) is 184 cm³/mol. The van der Waals surface area contributed by atoms with Gasteiger partial charge in [-0.2, -0.15) is 8.42 Å². The number of rotatable bonds is 9. The zero-order chi connectivity index (χ0) is 32.5. The van der Waals surface area contributed by atoms with Crippen LogP contribution >= 0.6 is 10.3 Å². The van der Waals surface area contributed by atoms with Gasteiger partial charge < -0.3 is 14.5 Å². The molecule has 0 aromatic heterocycles. The minimum Gasteiger partial charge on any atom is -0.488 e. The van der Waals surface area contributed by atoms with Crippen LogP contribution < -0.4 is 14.5 Å². The number of anilines is 2. The van der Waals surface area contributed by atoms with Gasteiger partial charge in [-0.3, -0.25) is 0 Å². The zero-order valence-corrected chi connectivity index (χ0v) is 29.2. The Balaban J connectivity index is 2.03. The molecular formula is C36H46N2O4S2. The van der Waals surface area contributed by atoms with Crippen molar-refractivity contribution < 1.29 is 16.8 Å². The van der Waals surface area contributed by atoms with Crippen molar-refractivity contribution in [3.8, 4) is 5.75 Å². The van der Waals surface area contributed by atoms with E-state index in [9.17, 15) is 8.42 Å². The van der Waals surface area contributed by atoms with Crippen molar-refractivity contribution in [2.75, 3.05) is 38.0 Å². The SMILES string of the molecule is CN(C)c1cccc(S(OS(=O)(=O)c2ccc(C(C)(C)C)cc2)(c2ccc(OC(C)(C)C)cc2)c2cccc(N(C)C)c2)c1. The van der Waals surface area contributed by atoms with Gasteiger partial charge in [-0.15, -0.1) is 0 Å². The van der Waals surface area contributed by atoms with Crippen LogP contribution in [-0.4, -0.2) is 42.2 Å². The second kappa shape index (κ2) is 12.5. The van der Waals surface area contributed by atoms with E-state index in [0.717, 1.165) is 31.6 Å². The average Bonchev–Trinajstić information content (AvgIpc) is 2.95. The van der Waals surface area contributed by atoms with Crippen molar-refractivity contribution in [3.05, 3.63) is 103 Å². The first-order valence-electron chi connectivity index (χ1n) is 14.7. The highest BCUT2D eigenvalue weighted by molar-refractivity contribution is 8.33. The molecule has 0 spiro atoms. The molecule has 0 bridgehead atoms. The van der Waals surface area contributed by atoms with Gasteiger partial charge in [-0.05, 0) is 115 Å². The maximum absolute atomic E-state index is 14.4. The minimum absolute atomic E-state index is 0.114. The highest BCUT2D eigenvalue weighted by Gasteiger charge is 2.39. The summed E-state index contributed by atoms with van der Waals surface area (Å²) in [6.07, 6.45) is 0. The van der Waals surface area contributed by atoms with Gasteiger partial charge in [0.2, 0.25) is 0 Å². The second-order valence-electron chi connectivity index (χ2n) is 13.3. The third kappa shape index (κ3) is 7.42. The molecule has 0 atom stereocenters. The van der Waals surface area contributed by atoms with Crippen LogP contribution in [0.4, 0.5) is 11.4 Å². The standard InChI is InChI=1S/C36H46N2O4S2/c1-35(2,3)27-17-21-32(22-18-27)44(39,40)42-43(33-15-11-13-28(25-33)37(7)8,34-16-12-14-29(26-34)38(9)10)31-23-19-30(20-24-31)41-36(4,5)6/h11-26H,1-10H3. The molecule has 4 aromatic carbocycles. The Labute approximate surface area is 266 Å². The molecule has 0 aliphatic heterocycles. The Bertz CT molecular complexity index is 1630. The highest BCUT2D eigenvalue weighted by atomic mass is 32.3. The Morgan fingerprint density at radius 3 is 1.43 bits per heavy atom. The first-order chi connectivity index (χ1) is 20.4. The van der Waals surface area contributed by atoms with Gasteiger partial charge in [0.05, 0.1) is 4.90 Å². The molecule has 0 amide bonds. The van der Waals surface area contributed by atoms with Gasteiger partial charge in [0.25, 0.3) is 0 Å². The van der Waals surface area contributed by atoms with E-state index in [1.165, 1.54) is 0 Å². The van der Waals surface area contributed by atoms with E-state index in [4.69, 9.17) is 8.37 Å². The Morgan fingerprint density at radius 2 is 1.02 bits per heavy atom. The fourth-order valence-electron chi connectivity index (χ4n) is 4.76. The number of nitrogens with zero attached hydrogens (tertiary/aromatic N) is 2. The van der Waals surface area contributed by atoms with Crippen LogP contribution in [0.25, 0.3) is 0 Å². The molecule has 6 nitrogen and oxygen atoms in total. The summed E-state index contributed by atoms with van der Waals surface area (Å²) in [5, 5.41) is 0. The lowest BCUT2D eigenvalue weighted by Crippen LogP contribution is -2.22. The normalized spacial score (nSPS) is 13.0. The largest absolute Gasteiger partial charge is 0.488 e. The van der Waals surface area contributed by atoms with Gasteiger partial charge in [-0.1, -0.05) is 45.0 Å². The number of hydrogen-bond donors (Lipinski definition) is 0. The highest BCUT2D eigenvalue weighted by Crippen LogP contribution is 2.71. The summed E-state index contributed by atoms with van der Waals surface area (Å²) in [7, 11) is 0.775. The van der Waals surface area contributed by atoms with Crippen molar-refractivity contribution in [1.82, 2.24) is 0 Å². The molecule has 0 saturated carbocycles. The zero-order valence-electron chi connectivity index (χ0n) is 27.6. The number of hydrogen-bond acceptors (Lipinski definition) is 6. The molecule has 44 heavy (non-hydrogen) atoms. The molecule has 0 aliphatic carbocycles. The Kier molecular flexibility index (Phi) is 9.50. The van der Waals surface area contributed by atoms with Gasteiger partial charge in [0.15, 0.2) is 0 Å². The monoisotopic (exact) mass is 634 g/mol. The van der Waals surface area contributed by atoms with Crippen LogP contribution in [0.3, 0.4) is 0 Å². The molecule has 0 heterocycles. The van der Waals surface area contributed by atoms with Crippen LogP contribution in [-0.2, 0) is 19.2 Å². The van der Waals surface area contributed by atoms with Crippen LogP contribution in [0, 0.1) is 0 Å². The minimum atomic E-state index is -4.25. The summed E-state index contributed by atoms with van der Waals surface area (Å²) in [5.41, 5.74) is 2.42. The number of benzene rings is 4. The Hall–Kier alpha value is -3.46. The first kappa shape index (κ1) is 33.4. The fourth-order valence-corrected chi connectivity index (χ4v) is 10.0. The van der Waals surface area contributed by atoms with Crippen LogP contribution in [0.5, 0.6) is 5.75 Å². The summed E-state index contributed by atoms with van der Waals surface area (Å²) in [5.74, 6) is 0.694. The van der Waals surface area contributed by atoms with Crippen molar-refractivity contribution in [1.29, 1.82) is 0 Å². The third-order valence-electron chi connectivity index (χ3n) is 7.11. The number of ether oxygens (including phenoxy) is 1. The molecule has 8 heteroatoms. The van der Waals surface area contributed by atoms with Crippen molar-refractivity contribution >= 4 is 31.8 Å². The summed E-state index contributed by atoms with van der Waals surface area (Å²) in [4.78, 5) is 6.38.